The quantitative estimate of drug-likeness (QED) is 0.782. The van der Waals surface area contributed by atoms with Gasteiger partial charge in [-0.05, 0) is 75.9 Å². The highest BCUT2D eigenvalue weighted by Gasteiger charge is 2.51. The Morgan fingerprint density at radius 2 is 1.75 bits per heavy atom. The van der Waals surface area contributed by atoms with Crippen LogP contribution in [0, 0.1) is 6.92 Å². The number of aromatic nitrogens is 1. The molecule has 1 saturated heterocycles. The van der Waals surface area contributed by atoms with Crippen molar-refractivity contribution in [2.24, 2.45) is 0 Å². The molecule has 1 aromatic carbocycles. The van der Waals surface area contributed by atoms with E-state index in [0.29, 0.717) is 12.4 Å². The van der Waals surface area contributed by atoms with Gasteiger partial charge in [-0.25, -0.2) is 4.98 Å². The van der Waals surface area contributed by atoms with Gasteiger partial charge in [-0.15, -0.1) is 0 Å². The highest BCUT2D eigenvalue weighted by Crippen LogP contribution is 2.37. The van der Waals surface area contributed by atoms with Crippen LogP contribution in [0.2, 0.25) is 0 Å². The van der Waals surface area contributed by atoms with Gasteiger partial charge < -0.3 is 20.4 Å². The number of nitrogens with zero attached hydrogens (tertiary/aromatic N) is 1. The van der Waals surface area contributed by atoms with Gasteiger partial charge in [0.05, 0.1) is 11.2 Å². The van der Waals surface area contributed by atoms with Crippen molar-refractivity contribution >= 4 is 24.3 Å². The number of nitrogens with two attached hydrogens (primary N) is 1. The van der Waals surface area contributed by atoms with Gasteiger partial charge in [0.2, 0.25) is 0 Å². The van der Waals surface area contributed by atoms with Gasteiger partial charge in [-0.1, -0.05) is 0 Å². The van der Waals surface area contributed by atoms with Crippen molar-refractivity contribution in [3.05, 3.63) is 41.1 Å². The number of nitrogen functional groups attached to an aromatic ring is 1. The summed E-state index contributed by atoms with van der Waals surface area (Å²) >= 11 is 0. The summed E-state index contributed by atoms with van der Waals surface area (Å²) < 4.78 is 12.3. The summed E-state index contributed by atoms with van der Waals surface area (Å²) in [6, 6.07) is 5.98. The van der Waals surface area contributed by atoms with E-state index in [1.54, 1.807) is 6.20 Å². The SMILES string of the molecule is Cc1cc2c(cc1-c1cc(B3OC(C)(C)C(C)(C)O3)cnc1N)CCNC2=O. The Bertz CT molecular complexity index is 956. The number of benzene rings is 1. The number of carbonyl (C=O) groups excluding carboxylic acids is 1. The lowest BCUT2D eigenvalue weighted by molar-refractivity contribution is 0.00578. The van der Waals surface area contributed by atoms with Crippen molar-refractivity contribution in [2.75, 3.05) is 12.3 Å². The maximum absolute atomic E-state index is 12.1. The third kappa shape index (κ3) is 2.99. The van der Waals surface area contributed by atoms with Crippen molar-refractivity contribution in [3.8, 4) is 11.1 Å². The Morgan fingerprint density at radius 1 is 1.07 bits per heavy atom. The van der Waals surface area contributed by atoms with Crippen LogP contribution in [0.25, 0.3) is 11.1 Å². The molecule has 1 amide bonds. The first-order valence-electron chi connectivity index (χ1n) is 9.62. The van der Waals surface area contributed by atoms with Gasteiger partial charge in [0.1, 0.15) is 5.82 Å². The number of carbonyl (C=O) groups is 1. The molecule has 1 fully saturated rings. The molecule has 7 heteroatoms. The van der Waals surface area contributed by atoms with E-state index >= 15 is 0 Å². The third-order valence-electron chi connectivity index (χ3n) is 6.13. The number of anilines is 1. The fourth-order valence-corrected chi connectivity index (χ4v) is 3.68. The Labute approximate surface area is 166 Å². The predicted molar refractivity (Wildman–Crippen MR) is 111 cm³/mol. The van der Waals surface area contributed by atoms with E-state index in [4.69, 9.17) is 15.0 Å². The molecule has 3 N–H and O–H groups in total. The van der Waals surface area contributed by atoms with Crippen LogP contribution in [-0.2, 0) is 15.7 Å². The average molecular weight is 379 g/mol. The van der Waals surface area contributed by atoms with Crippen LogP contribution >= 0.6 is 0 Å². The maximum Gasteiger partial charge on any atom is 0.496 e. The van der Waals surface area contributed by atoms with Crippen LogP contribution in [0.3, 0.4) is 0 Å². The second-order valence-corrected chi connectivity index (χ2v) is 8.62. The molecule has 0 atom stereocenters. The van der Waals surface area contributed by atoms with Gasteiger partial charge in [0, 0.05) is 29.3 Å². The zero-order valence-corrected chi connectivity index (χ0v) is 17.1. The summed E-state index contributed by atoms with van der Waals surface area (Å²) in [6.45, 7) is 10.7. The number of amides is 1. The maximum atomic E-state index is 12.1. The highest BCUT2D eigenvalue weighted by atomic mass is 16.7. The molecule has 0 unspecified atom stereocenters. The van der Waals surface area contributed by atoms with E-state index in [9.17, 15) is 4.79 Å². The van der Waals surface area contributed by atoms with Crippen molar-refractivity contribution < 1.29 is 14.1 Å². The van der Waals surface area contributed by atoms with Gasteiger partial charge in [0.25, 0.3) is 5.91 Å². The molecular formula is C21H26BN3O3. The molecule has 2 aromatic rings. The van der Waals surface area contributed by atoms with E-state index in [1.807, 2.05) is 46.8 Å². The molecule has 0 saturated carbocycles. The largest absolute Gasteiger partial charge is 0.496 e. The van der Waals surface area contributed by atoms with Crippen molar-refractivity contribution in [1.29, 1.82) is 0 Å². The molecule has 3 heterocycles. The lowest BCUT2D eigenvalue weighted by atomic mass is 9.78. The lowest BCUT2D eigenvalue weighted by Crippen LogP contribution is -2.41. The van der Waals surface area contributed by atoms with Crippen LogP contribution in [-0.4, -0.2) is 35.8 Å². The first-order valence-corrected chi connectivity index (χ1v) is 9.62. The van der Waals surface area contributed by atoms with Crippen LogP contribution < -0.4 is 16.5 Å². The summed E-state index contributed by atoms with van der Waals surface area (Å²) in [5, 5.41) is 2.89. The Hall–Kier alpha value is -2.38. The fourth-order valence-electron chi connectivity index (χ4n) is 3.68. The molecular weight excluding hydrogens is 353 g/mol. The predicted octanol–water partition coefficient (Wildman–Crippen LogP) is 2.22. The van der Waals surface area contributed by atoms with Gasteiger partial charge >= 0.3 is 7.12 Å². The summed E-state index contributed by atoms with van der Waals surface area (Å²) in [7, 11) is -0.499. The Balaban J connectivity index is 1.76. The van der Waals surface area contributed by atoms with Crippen LogP contribution in [0.5, 0.6) is 0 Å². The molecule has 146 valence electrons. The smallest absolute Gasteiger partial charge is 0.399 e. The fraction of sp³-hybridized carbons (Fsp3) is 0.429. The minimum Gasteiger partial charge on any atom is -0.399 e. The first-order chi connectivity index (χ1) is 13.1. The molecule has 4 rings (SSSR count). The second-order valence-electron chi connectivity index (χ2n) is 8.62. The molecule has 0 spiro atoms. The summed E-state index contributed by atoms with van der Waals surface area (Å²) in [5.74, 6) is 0.427. The normalized spacial score (nSPS) is 20.0. The number of rotatable bonds is 2. The second kappa shape index (κ2) is 6.32. The number of nitrogens with one attached hydrogen (secondary N) is 1. The Morgan fingerprint density at radius 3 is 2.43 bits per heavy atom. The summed E-state index contributed by atoms with van der Waals surface area (Å²) in [4.78, 5) is 16.5. The molecule has 0 aliphatic carbocycles. The lowest BCUT2D eigenvalue weighted by Gasteiger charge is -2.32. The Kier molecular flexibility index (Phi) is 4.28. The number of pyridine rings is 1. The van der Waals surface area contributed by atoms with Crippen molar-refractivity contribution in [2.45, 2.75) is 52.2 Å². The number of hydrogen-bond acceptors (Lipinski definition) is 5. The van der Waals surface area contributed by atoms with Gasteiger partial charge in [0.15, 0.2) is 0 Å². The number of hydrogen-bond donors (Lipinski definition) is 2. The summed E-state index contributed by atoms with van der Waals surface area (Å²) in [5.41, 5.74) is 10.8. The third-order valence-corrected chi connectivity index (χ3v) is 6.13. The molecule has 28 heavy (non-hydrogen) atoms. The van der Waals surface area contributed by atoms with Crippen molar-refractivity contribution in [3.63, 3.8) is 0 Å². The molecule has 6 nitrogen and oxygen atoms in total. The van der Waals surface area contributed by atoms with E-state index in [1.165, 1.54) is 0 Å². The minimum atomic E-state index is -0.499. The molecule has 2 aliphatic rings. The van der Waals surface area contributed by atoms with E-state index < -0.39 is 18.3 Å². The molecule has 0 radical (unpaired) electrons. The minimum absolute atomic E-state index is 0.0204. The van der Waals surface area contributed by atoms with E-state index in [2.05, 4.69) is 16.4 Å². The molecule has 2 aliphatic heterocycles. The van der Waals surface area contributed by atoms with E-state index in [-0.39, 0.29) is 5.91 Å². The zero-order valence-electron chi connectivity index (χ0n) is 17.1. The topological polar surface area (TPSA) is 86.5 Å². The summed E-state index contributed by atoms with van der Waals surface area (Å²) in [6.07, 6.45) is 2.51. The zero-order chi connectivity index (χ0) is 20.3. The van der Waals surface area contributed by atoms with Crippen LogP contribution in [0.15, 0.2) is 24.4 Å². The van der Waals surface area contributed by atoms with Crippen molar-refractivity contribution in [1.82, 2.24) is 10.3 Å². The average Bonchev–Trinajstić information content (AvgIpc) is 2.83. The highest BCUT2D eigenvalue weighted by molar-refractivity contribution is 6.62. The molecule has 0 bridgehead atoms. The standard InChI is InChI=1S/C21H26BN3O3/c1-12-8-16-13(6-7-24-19(16)26)9-15(12)17-10-14(11-25-18(17)23)22-27-20(2,3)21(4,5)28-22/h8-11H,6-7H2,1-5H3,(H2,23,25)(H,24,26). The van der Waals surface area contributed by atoms with Crippen LogP contribution in [0.4, 0.5) is 5.82 Å². The first kappa shape index (κ1) is 19.0. The number of fused-ring (bicyclic) bond motifs is 1. The van der Waals surface area contributed by atoms with Crippen LogP contribution in [0.1, 0.15) is 49.2 Å². The van der Waals surface area contributed by atoms with E-state index in [0.717, 1.165) is 39.7 Å². The monoisotopic (exact) mass is 379 g/mol. The van der Waals surface area contributed by atoms with Gasteiger partial charge in [-0.3, -0.25) is 4.79 Å². The molecule has 1 aromatic heterocycles. The van der Waals surface area contributed by atoms with Gasteiger partial charge in [-0.2, -0.15) is 0 Å². The number of aryl methyl sites for hydroxylation is 1.